The summed E-state index contributed by atoms with van der Waals surface area (Å²) in [7, 11) is 3.32. The first kappa shape index (κ1) is 17.0. The van der Waals surface area contributed by atoms with Crippen LogP contribution in [0.25, 0.3) is 22.1 Å². The highest BCUT2D eigenvalue weighted by Crippen LogP contribution is 2.34. The van der Waals surface area contributed by atoms with Crippen LogP contribution in [0, 0.1) is 0 Å². The Morgan fingerprint density at radius 3 is 2.41 bits per heavy atom. The van der Waals surface area contributed by atoms with Crippen molar-refractivity contribution in [1.29, 1.82) is 0 Å². The molecule has 0 radical (unpaired) electrons. The van der Waals surface area contributed by atoms with E-state index < -0.39 is 0 Å². The van der Waals surface area contributed by atoms with Crippen molar-refractivity contribution in [3.05, 3.63) is 78.4 Å². The molecular formula is C23H20O4. The minimum Gasteiger partial charge on any atom is -0.497 e. The molecule has 4 rings (SSSR count). The summed E-state index contributed by atoms with van der Waals surface area (Å²) in [5.74, 6) is 2.11. The SMILES string of the molecule is COc1ccc(-c2cccc3oc(OCc4ccccc4OC)cc23)cc1. The fourth-order valence-corrected chi connectivity index (χ4v) is 3.10. The number of hydrogen-bond donors (Lipinski definition) is 0. The minimum atomic E-state index is 0.377. The van der Waals surface area contributed by atoms with Gasteiger partial charge in [-0.05, 0) is 35.4 Å². The predicted octanol–water partition coefficient (Wildman–Crippen LogP) is 5.70. The summed E-state index contributed by atoms with van der Waals surface area (Å²) in [6.45, 7) is 0.377. The van der Waals surface area contributed by atoms with E-state index in [1.54, 1.807) is 14.2 Å². The van der Waals surface area contributed by atoms with Gasteiger partial charge in [0.05, 0.1) is 14.2 Å². The summed E-state index contributed by atoms with van der Waals surface area (Å²) in [4.78, 5) is 0. The second-order valence-corrected chi connectivity index (χ2v) is 6.11. The molecule has 3 aromatic carbocycles. The number of hydrogen-bond acceptors (Lipinski definition) is 4. The second kappa shape index (κ2) is 7.46. The predicted molar refractivity (Wildman–Crippen MR) is 106 cm³/mol. The Balaban J connectivity index is 1.62. The van der Waals surface area contributed by atoms with Crippen molar-refractivity contribution in [3.8, 4) is 28.6 Å². The second-order valence-electron chi connectivity index (χ2n) is 6.11. The molecule has 0 amide bonds. The highest BCUT2D eigenvalue weighted by molar-refractivity contribution is 5.94. The number of ether oxygens (including phenoxy) is 3. The van der Waals surface area contributed by atoms with Gasteiger partial charge in [-0.1, -0.05) is 42.5 Å². The van der Waals surface area contributed by atoms with Crippen molar-refractivity contribution in [1.82, 2.24) is 0 Å². The molecule has 0 aliphatic heterocycles. The Labute approximate surface area is 157 Å². The zero-order valence-corrected chi connectivity index (χ0v) is 15.3. The van der Waals surface area contributed by atoms with E-state index in [1.807, 2.05) is 66.7 Å². The first-order valence-electron chi connectivity index (χ1n) is 8.70. The van der Waals surface area contributed by atoms with Gasteiger partial charge in [-0.15, -0.1) is 0 Å². The molecule has 0 spiro atoms. The van der Waals surface area contributed by atoms with Crippen LogP contribution < -0.4 is 14.2 Å². The van der Waals surface area contributed by atoms with Gasteiger partial charge in [0, 0.05) is 17.0 Å². The molecule has 0 N–H and O–H groups in total. The Kier molecular flexibility index (Phi) is 4.71. The first-order chi connectivity index (χ1) is 13.3. The smallest absolute Gasteiger partial charge is 0.285 e. The van der Waals surface area contributed by atoms with Crippen LogP contribution in [0.1, 0.15) is 5.56 Å². The number of benzene rings is 3. The molecule has 1 aromatic heterocycles. The topological polar surface area (TPSA) is 40.8 Å². The Morgan fingerprint density at radius 2 is 1.63 bits per heavy atom. The van der Waals surface area contributed by atoms with Crippen LogP contribution in [0.15, 0.2) is 77.2 Å². The molecule has 4 heteroatoms. The van der Waals surface area contributed by atoms with Crippen molar-refractivity contribution in [2.75, 3.05) is 14.2 Å². The van der Waals surface area contributed by atoms with E-state index in [0.29, 0.717) is 12.6 Å². The lowest BCUT2D eigenvalue weighted by atomic mass is 10.0. The lowest BCUT2D eigenvalue weighted by Gasteiger charge is -2.07. The highest BCUT2D eigenvalue weighted by atomic mass is 16.6. The summed E-state index contributed by atoms with van der Waals surface area (Å²) in [5.41, 5.74) is 3.94. The van der Waals surface area contributed by atoms with Gasteiger partial charge in [0.2, 0.25) is 0 Å². The van der Waals surface area contributed by atoms with E-state index in [-0.39, 0.29) is 0 Å². The van der Waals surface area contributed by atoms with Gasteiger partial charge in [-0.25, -0.2) is 0 Å². The van der Waals surface area contributed by atoms with E-state index in [0.717, 1.165) is 39.2 Å². The van der Waals surface area contributed by atoms with Gasteiger partial charge >= 0.3 is 0 Å². The molecule has 0 saturated heterocycles. The van der Waals surface area contributed by atoms with Crippen LogP contribution in [0.2, 0.25) is 0 Å². The average Bonchev–Trinajstić information content (AvgIpc) is 3.15. The molecule has 136 valence electrons. The van der Waals surface area contributed by atoms with Crippen molar-refractivity contribution < 1.29 is 18.6 Å². The fourth-order valence-electron chi connectivity index (χ4n) is 3.10. The summed E-state index contributed by atoms with van der Waals surface area (Å²) in [6.07, 6.45) is 0. The quantitative estimate of drug-likeness (QED) is 0.442. The number of furan rings is 1. The summed E-state index contributed by atoms with van der Waals surface area (Å²) in [5, 5.41) is 1.01. The molecule has 0 atom stereocenters. The van der Waals surface area contributed by atoms with Gasteiger partial charge in [0.25, 0.3) is 5.95 Å². The minimum absolute atomic E-state index is 0.377. The van der Waals surface area contributed by atoms with Gasteiger partial charge in [-0.2, -0.15) is 0 Å². The van der Waals surface area contributed by atoms with Crippen LogP contribution in [0.3, 0.4) is 0 Å². The van der Waals surface area contributed by atoms with Gasteiger partial charge in [0.15, 0.2) is 0 Å². The van der Waals surface area contributed by atoms with Crippen molar-refractivity contribution >= 4 is 11.0 Å². The molecule has 27 heavy (non-hydrogen) atoms. The number of fused-ring (bicyclic) bond motifs is 1. The molecule has 4 aromatic rings. The monoisotopic (exact) mass is 360 g/mol. The molecular weight excluding hydrogens is 340 g/mol. The number of rotatable bonds is 6. The number of methoxy groups -OCH3 is 2. The third-order valence-electron chi connectivity index (χ3n) is 4.50. The molecule has 0 saturated carbocycles. The molecule has 0 bridgehead atoms. The molecule has 0 aliphatic rings. The molecule has 0 fully saturated rings. The lowest BCUT2D eigenvalue weighted by Crippen LogP contribution is -1.97. The first-order valence-corrected chi connectivity index (χ1v) is 8.70. The summed E-state index contributed by atoms with van der Waals surface area (Å²) in [6, 6.07) is 23.7. The van der Waals surface area contributed by atoms with Crippen LogP contribution in [0.5, 0.6) is 17.4 Å². The maximum absolute atomic E-state index is 5.88. The number of para-hydroxylation sites is 1. The molecule has 0 aliphatic carbocycles. The summed E-state index contributed by atoms with van der Waals surface area (Å²) >= 11 is 0. The molecule has 1 heterocycles. The Bertz CT molecular complexity index is 1050. The van der Waals surface area contributed by atoms with Crippen molar-refractivity contribution in [2.24, 2.45) is 0 Å². The van der Waals surface area contributed by atoms with Crippen LogP contribution in [-0.2, 0) is 6.61 Å². The zero-order valence-electron chi connectivity index (χ0n) is 15.3. The van der Waals surface area contributed by atoms with Crippen LogP contribution in [-0.4, -0.2) is 14.2 Å². The van der Waals surface area contributed by atoms with Gasteiger partial charge in [-0.3, -0.25) is 0 Å². The standard InChI is InChI=1S/C23H20O4/c1-24-18-12-10-16(11-13-18)19-7-5-9-22-20(19)14-23(27-22)26-15-17-6-3-4-8-21(17)25-2/h3-14H,15H2,1-2H3. The molecule has 0 unspecified atom stereocenters. The van der Waals surface area contributed by atoms with E-state index in [4.69, 9.17) is 18.6 Å². The Morgan fingerprint density at radius 1 is 0.815 bits per heavy atom. The normalized spacial score (nSPS) is 10.7. The fraction of sp³-hybridized carbons (Fsp3) is 0.130. The van der Waals surface area contributed by atoms with E-state index in [1.165, 1.54) is 0 Å². The maximum Gasteiger partial charge on any atom is 0.285 e. The summed E-state index contributed by atoms with van der Waals surface area (Å²) < 4.78 is 22.4. The lowest BCUT2D eigenvalue weighted by molar-refractivity contribution is 0.235. The van der Waals surface area contributed by atoms with E-state index in [2.05, 4.69) is 6.07 Å². The zero-order chi connectivity index (χ0) is 18.6. The third-order valence-corrected chi connectivity index (χ3v) is 4.50. The van der Waals surface area contributed by atoms with Crippen molar-refractivity contribution in [3.63, 3.8) is 0 Å². The maximum atomic E-state index is 5.88. The Hall–Kier alpha value is -3.40. The largest absolute Gasteiger partial charge is 0.497 e. The highest BCUT2D eigenvalue weighted by Gasteiger charge is 2.11. The van der Waals surface area contributed by atoms with Crippen LogP contribution >= 0.6 is 0 Å². The average molecular weight is 360 g/mol. The van der Waals surface area contributed by atoms with Gasteiger partial charge in [0.1, 0.15) is 23.7 Å². The third kappa shape index (κ3) is 3.47. The van der Waals surface area contributed by atoms with E-state index >= 15 is 0 Å². The van der Waals surface area contributed by atoms with Crippen molar-refractivity contribution in [2.45, 2.75) is 6.61 Å². The van der Waals surface area contributed by atoms with Gasteiger partial charge < -0.3 is 18.6 Å². The molecule has 4 nitrogen and oxygen atoms in total. The van der Waals surface area contributed by atoms with Crippen LogP contribution in [0.4, 0.5) is 0 Å². The van der Waals surface area contributed by atoms with E-state index in [9.17, 15) is 0 Å².